The molecular weight excluding hydrogens is 446 g/mol. The van der Waals surface area contributed by atoms with Crippen molar-refractivity contribution in [2.45, 2.75) is 6.42 Å². The fraction of sp³-hybridized carbons (Fsp3) is 0.375. The van der Waals surface area contributed by atoms with Crippen LogP contribution in [0.2, 0.25) is 0 Å². The predicted molar refractivity (Wildman–Crippen MR) is 71.2 cm³/mol. The first-order chi connectivity index (χ1) is 6.65. The number of hydrogen-bond donors (Lipinski definition) is 0. The van der Waals surface area contributed by atoms with Crippen molar-refractivity contribution < 1.29 is 4.74 Å². The summed E-state index contributed by atoms with van der Waals surface area (Å²) >= 11 is 13.4. The third kappa shape index (κ3) is 3.79. The summed E-state index contributed by atoms with van der Waals surface area (Å²) in [5, 5.41) is 0.937. The fourth-order valence-electron chi connectivity index (χ4n) is 0.803. The highest BCUT2D eigenvalue weighted by atomic mass is 79.9. The van der Waals surface area contributed by atoms with Gasteiger partial charge >= 0.3 is 0 Å². The maximum Gasteiger partial charge on any atom is 0.166 e. The van der Waals surface area contributed by atoms with E-state index in [9.17, 15) is 0 Å². The summed E-state index contributed by atoms with van der Waals surface area (Å²) in [5.41, 5.74) is 0. The number of ether oxygens (including phenoxy) is 1. The Hall–Kier alpha value is 0.870. The molecule has 0 bridgehead atoms. The summed E-state index contributed by atoms with van der Waals surface area (Å²) in [6.45, 7) is 0.672. The Balaban J connectivity index is 2.75. The second-order valence-electron chi connectivity index (χ2n) is 2.44. The number of halogens is 4. The second kappa shape index (κ2) is 6.45. The van der Waals surface area contributed by atoms with E-state index in [1.807, 2.05) is 6.07 Å². The van der Waals surface area contributed by atoms with Crippen LogP contribution in [-0.2, 0) is 0 Å². The molecule has 0 aliphatic heterocycles. The van der Waals surface area contributed by atoms with Gasteiger partial charge in [0.05, 0.1) is 11.1 Å². The molecule has 0 atom stereocenters. The summed E-state index contributed by atoms with van der Waals surface area (Å²) in [4.78, 5) is 4.18. The Morgan fingerprint density at radius 2 is 2.00 bits per heavy atom. The van der Waals surface area contributed by atoms with E-state index in [1.165, 1.54) is 0 Å². The average Bonchev–Trinajstić information content (AvgIpc) is 2.09. The van der Waals surface area contributed by atoms with Gasteiger partial charge in [0.2, 0.25) is 0 Å². The van der Waals surface area contributed by atoms with Crippen LogP contribution in [0.15, 0.2) is 19.7 Å². The molecule has 1 heterocycles. The Morgan fingerprint density at radius 1 is 1.29 bits per heavy atom. The fourth-order valence-corrected chi connectivity index (χ4v) is 3.29. The third-order valence-corrected chi connectivity index (χ3v) is 3.47. The molecule has 0 saturated heterocycles. The van der Waals surface area contributed by atoms with Crippen molar-refractivity contribution in [2.24, 2.45) is 0 Å². The van der Waals surface area contributed by atoms with Gasteiger partial charge in [-0.1, -0.05) is 15.9 Å². The molecule has 6 heteroatoms. The van der Waals surface area contributed by atoms with Crippen LogP contribution < -0.4 is 4.74 Å². The van der Waals surface area contributed by atoms with Crippen LogP contribution in [-0.4, -0.2) is 16.9 Å². The van der Waals surface area contributed by atoms with Gasteiger partial charge in [-0.25, -0.2) is 4.98 Å². The Labute approximate surface area is 116 Å². The van der Waals surface area contributed by atoms with E-state index in [2.05, 4.69) is 68.7 Å². The standard InChI is InChI=1S/C8H7Br4NO/c9-2-1-3-14-7-5(10)4-6(11)13-8(7)12/h4H,1-3H2. The summed E-state index contributed by atoms with van der Waals surface area (Å²) in [5.74, 6) is 0.745. The van der Waals surface area contributed by atoms with E-state index in [1.54, 1.807) is 0 Å². The molecule has 1 rings (SSSR count). The Kier molecular flexibility index (Phi) is 5.96. The van der Waals surface area contributed by atoms with Crippen LogP contribution in [0.1, 0.15) is 6.42 Å². The van der Waals surface area contributed by atoms with Crippen molar-refractivity contribution >= 4 is 63.7 Å². The van der Waals surface area contributed by atoms with Gasteiger partial charge in [-0.05, 0) is 60.3 Å². The van der Waals surface area contributed by atoms with Crippen LogP contribution in [0, 0.1) is 0 Å². The summed E-state index contributed by atoms with van der Waals surface area (Å²) in [6.07, 6.45) is 0.967. The molecule has 0 fully saturated rings. The first-order valence-electron chi connectivity index (χ1n) is 3.85. The molecule has 0 amide bonds. The normalized spacial score (nSPS) is 10.3. The van der Waals surface area contributed by atoms with Gasteiger partial charge < -0.3 is 4.74 Å². The van der Waals surface area contributed by atoms with Gasteiger partial charge in [-0.3, -0.25) is 0 Å². The van der Waals surface area contributed by atoms with Crippen molar-refractivity contribution in [1.82, 2.24) is 4.98 Å². The van der Waals surface area contributed by atoms with E-state index in [4.69, 9.17) is 4.74 Å². The number of pyridine rings is 1. The molecule has 0 aliphatic carbocycles. The van der Waals surface area contributed by atoms with E-state index in [-0.39, 0.29) is 0 Å². The molecule has 0 aromatic carbocycles. The largest absolute Gasteiger partial charge is 0.490 e. The van der Waals surface area contributed by atoms with Crippen LogP contribution in [0.4, 0.5) is 0 Å². The summed E-state index contributed by atoms with van der Waals surface area (Å²) in [7, 11) is 0. The first-order valence-corrected chi connectivity index (χ1v) is 7.35. The zero-order valence-electron chi connectivity index (χ0n) is 7.07. The predicted octanol–water partition coefficient (Wildman–Crippen LogP) is 4.53. The van der Waals surface area contributed by atoms with Gasteiger partial charge in [-0.15, -0.1) is 0 Å². The lowest BCUT2D eigenvalue weighted by atomic mass is 10.4. The number of rotatable bonds is 4. The van der Waals surface area contributed by atoms with Gasteiger partial charge in [0.1, 0.15) is 9.21 Å². The third-order valence-electron chi connectivity index (χ3n) is 1.38. The lowest BCUT2D eigenvalue weighted by Gasteiger charge is -2.08. The average molecular weight is 453 g/mol. The van der Waals surface area contributed by atoms with E-state index >= 15 is 0 Å². The number of nitrogens with zero attached hydrogens (tertiary/aromatic N) is 1. The summed E-state index contributed by atoms with van der Waals surface area (Å²) < 4.78 is 7.92. The van der Waals surface area contributed by atoms with Gasteiger partial charge in [0, 0.05) is 5.33 Å². The van der Waals surface area contributed by atoms with Gasteiger partial charge in [-0.2, -0.15) is 0 Å². The van der Waals surface area contributed by atoms with E-state index in [0.29, 0.717) is 11.2 Å². The van der Waals surface area contributed by atoms with Gasteiger partial charge in [0.15, 0.2) is 5.75 Å². The lowest BCUT2D eigenvalue weighted by molar-refractivity contribution is 0.313. The zero-order chi connectivity index (χ0) is 10.6. The minimum atomic E-state index is 0.672. The molecule has 0 N–H and O–H groups in total. The Morgan fingerprint density at radius 3 is 2.57 bits per heavy atom. The molecule has 2 nitrogen and oxygen atoms in total. The maximum absolute atomic E-state index is 5.56. The molecule has 0 unspecified atom stereocenters. The highest BCUT2D eigenvalue weighted by molar-refractivity contribution is 9.11. The van der Waals surface area contributed by atoms with E-state index < -0.39 is 0 Å². The molecular formula is C8H7Br4NO. The lowest BCUT2D eigenvalue weighted by Crippen LogP contribution is -2.00. The molecule has 1 aromatic heterocycles. The van der Waals surface area contributed by atoms with E-state index in [0.717, 1.165) is 26.6 Å². The number of aromatic nitrogens is 1. The van der Waals surface area contributed by atoms with Gasteiger partial charge in [0.25, 0.3) is 0 Å². The second-order valence-corrected chi connectivity index (χ2v) is 5.65. The van der Waals surface area contributed by atoms with Crippen LogP contribution in [0.5, 0.6) is 5.75 Å². The molecule has 0 radical (unpaired) electrons. The SMILES string of the molecule is BrCCCOc1c(Br)cc(Br)nc1Br. The Bertz CT molecular complexity index is 295. The van der Waals surface area contributed by atoms with Crippen LogP contribution in [0.3, 0.4) is 0 Å². The molecule has 0 aliphatic rings. The summed E-state index contributed by atoms with van der Waals surface area (Å²) in [6, 6.07) is 1.86. The molecule has 0 spiro atoms. The van der Waals surface area contributed by atoms with Crippen molar-refractivity contribution in [2.75, 3.05) is 11.9 Å². The molecule has 78 valence electrons. The van der Waals surface area contributed by atoms with Crippen molar-refractivity contribution in [1.29, 1.82) is 0 Å². The molecule has 14 heavy (non-hydrogen) atoms. The zero-order valence-corrected chi connectivity index (χ0v) is 13.4. The van der Waals surface area contributed by atoms with Crippen LogP contribution in [0.25, 0.3) is 0 Å². The number of hydrogen-bond acceptors (Lipinski definition) is 2. The smallest absolute Gasteiger partial charge is 0.166 e. The minimum Gasteiger partial charge on any atom is -0.490 e. The minimum absolute atomic E-state index is 0.672. The number of alkyl halides is 1. The van der Waals surface area contributed by atoms with Crippen molar-refractivity contribution in [3.8, 4) is 5.75 Å². The van der Waals surface area contributed by atoms with Crippen molar-refractivity contribution in [3.05, 3.63) is 19.7 Å². The van der Waals surface area contributed by atoms with Crippen molar-refractivity contribution in [3.63, 3.8) is 0 Å². The highest BCUT2D eigenvalue weighted by Gasteiger charge is 2.09. The molecule has 0 saturated carbocycles. The first kappa shape index (κ1) is 12.9. The quantitative estimate of drug-likeness (QED) is 0.380. The maximum atomic E-state index is 5.56. The highest BCUT2D eigenvalue weighted by Crippen LogP contribution is 2.33. The molecule has 1 aromatic rings. The topological polar surface area (TPSA) is 22.1 Å². The monoisotopic (exact) mass is 449 g/mol. The van der Waals surface area contributed by atoms with Crippen LogP contribution >= 0.6 is 63.7 Å².